The summed E-state index contributed by atoms with van der Waals surface area (Å²) in [4.78, 5) is 0. The van der Waals surface area contributed by atoms with Crippen LogP contribution in [0.2, 0.25) is 0 Å². The van der Waals surface area contributed by atoms with Crippen LogP contribution < -0.4 is 5.32 Å². The molecule has 102 valence electrons. The normalized spacial score (nSPS) is 11.2. The third-order valence-electron chi connectivity index (χ3n) is 3.09. The van der Waals surface area contributed by atoms with Gasteiger partial charge in [-0.2, -0.15) is 5.10 Å². The molecule has 19 heavy (non-hydrogen) atoms. The van der Waals surface area contributed by atoms with Crippen molar-refractivity contribution < 1.29 is 0 Å². The first-order chi connectivity index (χ1) is 9.20. The second kappa shape index (κ2) is 6.53. The molecule has 0 bridgehead atoms. The zero-order chi connectivity index (χ0) is 13.7. The van der Waals surface area contributed by atoms with E-state index in [0.29, 0.717) is 6.04 Å². The number of benzene rings is 1. The maximum absolute atomic E-state index is 4.65. The molecule has 1 heterocycles. The maximum Gasteiger partial charge on any atom is 0.0766 e. The second-order valence-corrected chi connectivity index (χ2v) is 5.17. The number of aryl methyl sites for hydroxylation is 1. The Morgan fingerprint density at radius 1 is 1.21 bits per heavy atom. The lowest BCUT2D eigenvalue weighted by Gasteiger charge is -2.09. The van der Waals surface area contributed by atoms with Crippen LogP contribution in [0.4, 0.5) is 0 Å². The number of nitrogens with zero attached hydrogens (tertiary/aromatic N) is 2. The lowest BCUT2D eigenvalue weighted by molar-refractivity contribution is 0.578. The fourth-order valence-corrected chi connectivity index (χ4v) is 2.11. The molecule has 0 aliphatic heterocycles. The number of nitrogens with one attached hydrogen (secondary N) is 1. The van der Waals surface area contributed by atoms with E-state index in [2.05, 4.69) is 61.5 Å². The van der Waals surface area contributed by atoms with Gasteiger partial charge in [-0.3, -0.25) is 0 Å². The van der Waals surface area contributed by atoms with Gasteiger partial charge >= 0.3 is 0 Å². The van der Waals surface area contributed by atoms with E-state index >= 15 is 0 Å². The highest BCUT2D eigenvalue weighted by Gasteiger charge is 2.05. The minimum Gasteiger partial charge on any atom is -0.309 e. The van der Waals surface area contributed by atoms with E-state index in [1.54, 1.807) is 0 Å². The van der Waals surface area contributed by atoms with Crippen molar-refractivity contribution in [1.82, 2.24) is 15.1 Å². The van der Waals surface area contributed by atoms with Gasteiger partial charge in [-0.25, -0.2) is 4.68 Å². The smallest absolute Gasteiger partial charge is 0.0766 e. The zero-order valence-corrected chi connectivity index (χ0v) is 12.1. The van der Waals surface area contributed by atoms with Crippen LogP contribution in [0, 0.1) is 0 Å². The second-order valence-electron chi connectivity index (χ2n) is 5.17. The van der Waals surface area contributed by atoms with Crippen molar-refractivity contribution in [2.45, 2.75) is 46.2 Å². The summed E-state index contributed by atoms with van der Waals surface area (Å²) in [6.07, 6.45) is 4.29. The summed E-state index contributed by atoms with van der Waals surface area (Å²) in [5, 5.41) is 8.04. The van der Waals surface area contributed by atoms with Crippen LogP contribution in [0.25, 0.3) is 5.69 Å². The molecule has 0 unspecified atom stereocenters. The van der Waals surface area contributed by atoms with Gasteiger partial charge in [-0.1, -0.05) is 45.4 Å². The molecule has 1 aromatic carbocycles. The average molecular weight is 257 g/mol. The lowest BCUT2D eigenvalue weighted by atomic mass is 10.1. The number of aromatic nitrogens is 2. The average Bonchev–Trinajstić information content (AvgIpc) is 2.86. The summed E-state index contributed by atoms with van der Waals surface area (Å²) < 4.78 is 1.99. The Bertz CT molecular complexity index is 514. The Hall–Kier alpha value is -1.61. The quantitative estimate of drug-likeness (QED) is 0.860. The molecule has 0 aliphatic rings. The maximum atomic E-state index is 4.65. The van der Waals surface area contributed by atoms with Crippen molar-refractivity contribution in [1.29, 1.82) is 0 Å². The van der Waals surface area contributed by atoms with E-state index in [9.17, 15) is 0 Å². The summed E-state index contributed by atoms with van der Waals surface area (Å²) in [7, 11) is 0. The van der Waals surface area contributed by atoms with Gasteiger partial charge in [0.2, 0.25) is 0 Å². The highest BCUT2D eigenvalue weighted by atomic mass is 15.3. The molecule has 1 N–H and O–H groups in total. The molecule has 3 nitrogen and oxygen atoms in total. The van der Waals surface area contributed by atoms with E-state index in [4.69, 9.17) is 0 Å². The van der Waals surface area contributed by atoms with Crippen molar-refractivity contribution in [3.8, 4) is 5.69 Å². The van der Waals surface area contributed by atoms with Gasteiger partial charge in [0.1, 0.15) is 0 Å². The molecule has 0 atom stereocenters. The minimum absolute atomic E-state index is 0.484. The Balaban J connectivity index is 2.18. The molecule has 0 aliphatic carbocycles. The first-order valence-corrected chi connectivity index (χ1v) is 7.07. The van der Waals surface area contributed by atoms with Crippen molar-refractivity contribution in [2.75, 3.05) is 0 Å². The zero-order valence-electron chi connectivity index (χ0n) is 12.1. The van der Waals surface area contributed by atoms with Crippen molar-refractivity contribution in [3.05, 3.63) is 47.8 Å². The Morgan fingerprint density at radius 3 is 2.74 bits per heavy atom. The van der Waals surface area contributed by atoms with Crippen LogP contribution in [0.1, 0.15) is 38.4 Å². The van der Waals surface area contributed by atoms with Crippen LogP contribution in [-0.2, 0) is 13.0 Å². The first kappa shape index (κ1) is 13.8. The van der Waals surface area contributed by atoms with Gasteiger partial charge in [0.05, 0.1) is 11.4 Å². The van der Waals surface area contributed by atoms with Crippen molar-refractivity contribution in [2.24, 2.45) is 0 Å². The van der Waals surface area contributed by atoms with Crippen molar-refractivity contribution >= 4 is 0 Å². The molecule has 0 saturated carbocycles. The highest BCUT2D eigenvalue weighted by molar-refractivity contribution is 5.40. The lowest BCUT2D eigenvalue weighted by Crippen LogP contribution is -2.22. The molecule has 0 fully saturated rings. The summed E-state index contributed by atoms with van der Waals surface area (Å²) >= 11 is 0. The fraction of sp³-hybridized carbons (Fsp3) is 0.438. The van der Waals surface area contributed by atoms with E-state index in [1.165, 1.54) is 11.3 Å². The molecule has 2 rings (SSSR count). The van der Waals surface area contributed by atoms with E-state index < -0.39 is 0 Å². The SMILES string of the molecule is CCCc1ccccc1-n1ccc(CNC(C)C)n1. The standard InChI is InChI=1S/C16H23N3/c1-4-7-14-8-5-6-9-16(14)19-11-10-15(18-19)12-17-13(2)3/h5-6,8-11,13,17H,4,7,12H2,1-3H3. The summed E-state index contributed by atoms with van der Waals surface area (Å²) in [5.41, 5.74) is 3.64. The molecule has 2 aromatic rings. The summed E-state index contributed by atoms with van der Waals surface area (Å²) in [5.74, 6) is 0. The molecule has 1 aromatic heterocycles. The molecule has 0 spiro atoms. The van der Waals surface area contributed by atoms with Crippen LogP contribution in [-0.4, -0.2) is 15.8 Å². The largest absolute Gasteiger partial charge is 0.309 e. The third-order valence-corrected chi connectivity index (χ3v) is 3.09. The fourth-order valence-electron chi connectivity index (χ4n) is 2.11. The number of rotatable bonds is 6. The number of para-hydroxylation sites is 1. The molecule has 0 saturated heterocycles. The van der Waals surface area contributed by atoms with E-state index in [0.717, 1.165) is 25.1 Å². The Kier molecular flexibility index (Phi) is 4.74. The third kappa shape index (κ3) is 3.67. The topological polar surface area (TPSA) is 29.9 Å². The minimum atomic E-state index is 0.484. The van der Waals surface area contributed by atoms with Gasteiger partial charge in [0.15, 0.2) is 0 Å². The van der Waals surface area contributed by atoms with Gasteiger partial charge in [-0.05, 0) is 24.1 Å². The summed E-state index contributed by atoms with van der Waals surface area (Å²) in [6, 6.07) is 11.1. The van der Waals surface area contributed by atoms with Crippen LogP contribution in [0.3, 0.4) is 0 Å². The van der Waals surface area contributed by atoms with E-state index in [1.807, 2.05) is 10.9 Å². The van der Waals surface area contributed by atoms with Gasteiger partial charge in [-0.15, -0.1) is 0 Å². The van der Waals surface area contributed by atoms with Gasteiger partial charge in [0.25, 0.3) is 0 Å². The Labute approximate surface area is 115 Å². The molecule has 3 heteroatoms. The number of hydrogen-bond acceptors (Lipinski definition) is 2. The van der Waals surface area contributed by atoms with Gasteiger partial charge < -0.3 is 5.32 Å². The Morgan fingerprint density at radius 2 is 2.00 bits per heavy atom. The molecular weight excluding hydrogens is 234 g/mol. The number of hydrogen-bond donors (Lipinski definition) is 1. The first-order valence-electron chi connectivity index (χ1n) is 7.07. The van der Waals surface area contributed by atoms with Crippen LogP contribution in [0.15, 0.2) is 36.5 Å². The van der Waals surface area contributed by atoms with Crippen LogP contribution in [0.5, 0.6) is 0 Å². The highest BCUT2D eigenvalue weighted by Crippen LogP contribution is 2.15. The van der Waals surface area contributed by atoms with Crippen LogP contribution >= 0.6 is 0 Å². The van der Waals surface area contributed by atoms with Crippen molar-refractivity contribution in [3.63, 3.8) is 0 Å². The molecular formula is C16H23N3. The van der Waals surface area contributed by atoms with E-state index in [-0.39, 0.29) is 0 Å². The van der Waals surface area contributed by atoms with Gasteiger partial charge in [0, 0.05) is 18.8 Å². The summed E-state index contributed by atoms with van der Waals surface area (Å²) in [6.45, 7) is 7.32. The monoisotopic (exact) mass is 257 g/mol. The predicted molar refractivity (Wildman–Crippen MR) is 79.5 cm³/mol. The predicted octanol–water partition coefficient (Wildman–Crippen LogP) is 3.32. The molecule has 0 radical (unpaired) electrons. The molecule has 0 amide bonds.